The van der Waals surface area contributed by atoms with E-state index >= 15 is 0 Å². The molecule has 0 fully saturated rings. The second kappa shape index (κ2) is 6.66. The van der Waals surface area contributed by atoms with Gasteiger partial charge in [0.25, 0.3) is 5.91 Å². The summed E-state index contributed by atoms with van der Waals surface area (Å²) in [6.07, 6.45) is -3.94. The molecule has 0 aliphatic carbocycles. The van der Waals surface area contributed by atoms with Gasteiger partial charge >= 0.3 is 6.18 Å². The minimum Gasteiger partial charge on any atom is -0.508 e. The van der Waals surface area contributed by atoms with Crippen LogP contribution in [0.2, 0.25) is 0 Å². The van der Waals surface area contributed by atoms with Crippen LogP contribution in [0.4, 0.5) is 19.0 Å². The standard InChI is InChI=1S/C19H14F3N5O2/c1-10-2-4-11(5-3-10)27-16(19(20,21)22)14(9-23-27)18(29)24-17-13-7-6-12(28)8-15(13)25-26-17/h2-9,28H,1H3,(H2,24,25,26,29). The molecule has 4 rings (SSSR count). The molecule has 29 heavy (non-hydrogen) atoms. The zero-order valence-corrected chi connectivity index (χ0v) is 14.9. The number of rotatable bonds is 3. The number of hydrogen-bond acceptors (Lipinski definition) is 4. The van der Waals surface area contributed by atoms with Crippen molar-refractivity contribution in [3.05, 3.63) is 65.5 Å². The Morgan fingerprint density at radius 3 is 2.59 bits per heavy atom. The van der Waals surface area contributed by atoms with Crippen molar-refractivity contribution in [1.29, 1.82) is 0 Å². The van der Waals surface area contributed by atoms with Crippen molar-refractivity contribution in [1.82, 2.24) is 20.0 Å². The number of H-pyrrole nitrogens is 1. The van der Waals surface area contributed by atoms with Gasteiger partial charge in [0.1, 0.15) is 5.75 Å². The van der Waals surface area contributed by atoms with E-state index in [-0.39, 0.29) is 17.3 Å². The number of anilines is 1. The lowest BCUT2D eigenvalue weighted by molar-refractivity contribution is -0.143. The maximum atomic E-state index is 13.8. The molecule has 1 amide bonds. The minimum absolute atomic E-state index is 0.0160. The summed E-state index contributed by atoms with van der Waals surface area (Å²) in [6.45, 7) is 1.81. The van der Waals surface area contributed by atoms with E-state index in [1.165, 1.54) is 30.3 Å². The van der Waals surface area contributed by atoms with Crippen LogP contribution in [-0.4, -0.2) is 31.0 Å². The highest BCUT2D eigenvalue weighted by Crippen LogP contribution is 2.34. The summed E-state index contributed by atoms with van der Waals surface area (Å²) in [7, 11) is 0. The number of carbonyl (C=O) groups is 1. The number of benzene rings is 2. The number of phenolic OH excluding ortho intramolecular Hbond substituents is 1. The quantitative estimate of drug-likeness (QED) is 0.483. The molecule has 3 N–H and O–H groups in total. The number of nitrogens with one attached hydrogen (secondary N) is 2. The van der Waals surface area contributed by atoms with Gasteiger partial charge in [-0.2, -0.15) is 23.4 Å². The van der Waals surface area contributed by atoms with Gasteiger partial charge in [0, 0.05) is 11.5 Å². The molecule has 0 aliphatic rings. The molecule has 148 valence electrons. The molecule has 4 aromatic rings. The van der Waals surface area contributed by atoms with E-state index in [0.29, 0.717) is 15.6 Å². The lowest BCUT2D eigenvalue weighted by atomic mass is 10.2. The molecule has 0 spiro atoms. The first-order valence-corrected chi connectivity index (χ1v) is 8.45. The monoisotopic (exact) mass is 401 g/mol. The maximum absolute atomic E-state index is 13.8. The number of amides is 1. The van der Waals surface area contributed by atoms with Crippen LogP contribution in [0.1, 0.15) is 21.6 Å². The summed E-state index contributed by atoms with van der Waals surface area (Å²) >= 11 is 0. The predicted octanol–water partition coefficient (Wildman–Crippen LogP) is 4.03. The molecule has 0 saturated heterocycles. The number of alkyl halides is 3. The Balaban J connectivity index is 1.74. The largest absolute Gasteiger partial charge is 0.508 e. The molecule has 7 nitrogen and oxygen atoms in total. The fourth-order valence-electron chi connectivity index (χ4n) is 2.95. The summed E-state index contributed by atoms with van der Waals surface area (Å²) in [4.78, 5) is 12.6. The van der Waals surface area contributed by atoms with Crippen LogP contribution in [0.5, 0.6) is 5.75 Å². The molecule has 10 heteroatoms. The first kappa shape index (κ1) is 18.5. The zero-order valence-electron chi connectivity index (χ0n) is 14.9. The highest BCUT2D eigenvalue weighted by Gasteiger charge is 2.40. The topological polar surface area (TPSA) is 95.8 Å². The third kappa shape index (κ3) is 3.40. The van der Waals surface area contributed by atoms with E-state index in [2.05, 4.69) is 20.6 Å². The van der Waals surface area contributed by atoms with Crippen LogP contribution in [0.3, 0.4) is 0 Å². The van der Waals surface area contributed by atoms with Crippen molar-refractivity contribution >= 4 is 22.6 Å². The zero-order chi connectivity index (χ0) is 20.8. The van der Waals surface area contributed by atoms with Crippen LogP contribution in [0.25, 0.3) is 16.6 Å². The molecule has 2 aromatic carbocycles. The van der Waals surface area contributed by atoms with Crippen LogP contribution < -0.4 is 5.32 Å². The Hall–Kier alpha value is -3.82. The molecule has 2 aromatic heterocycles. The molecular weight excluding hydrogens is 387 g/mol. The number of halogens is 3. The second-order valence-electron chi connectivity index (χ2n) is 6.41. The van der Waals surface area contributed by atoms with Gasteiger partial charge in [-0.15, -0.1) is 0 Å². The Labute approximate surface area is 161 Å². The van der Waals surface area contributed by atoms with Gasteiger partial charge in [-0.25, -0.2) is 4.68 Å². The van der Waals surface area contributed by atoms with E-state index in [0.717, 1.165) is 11.8 Å². The predicted molar refractivity (Wildman–Crippen MR) is 99.0 cm³/mol. The summed E-state index contributed by atoms with van der Waals surface area (Å²) < 4.78 is 41.9. The van der Waals surface area contributed by atoms with Gasteiger partial charge in [-0.3, -0.25) is 9.89 Å². The number of phenols is 1. The van der Waals surface area contributed by atoms with Crippen molar-refractivity contribution in [2.45, 2.75) is 13.1 Å². The Bertz CT molecular complexity index is 1210. The molecule has 0 atom stereocenters. The van der Waals surface area contributed by atoms with Crippen LogP contribution in [-0.2, 0) is 6.18 Å². The molecule has 0 radical (unpaired) electrons. The van der Waals surface area contributed by atoms with Gasteiger partial charge in [0.05, 0.1) is 23.0 Å². The van der Waals surface area contributed by atoms with Crippen LogP contribution in [0.15, 0.2) is 48.7 Å². The number of fused-ring (bicyclic) bond motifs is 1. The lowest BCUT2D eigenvalue weighted by Crippen LogP contribution is -2.21. The average molecular weight is 401 g/mol. The first-order chi connectivity index (χ1) is 13.7. The number of aromatic nitrogens is 4. The summed E-state index contributed by atoms with van der Waals surface area (Å²) in [5, 5.41) is 22.6. The Morgan fingerprint density at radius 1 is 1.17 bits per heavy atom. The number of carbonyl (C=O) groups excluding carboxylic acids is 1. The molecule has 0 saturated carbocycles. The minimum atomic E-state index is -4.81. The molecule has 2 heterocycles. The average Bonchev–Trinajstić information content (AvgIpc) is 3.26. The van der Waals surface area contributed by atoms with Crippen molar-refractivity contribution in [2.24, 2.45) is 0 Å². The van der Waals surface area contributed by atoms with Crippen molar-refractivity contribution in [2.75, 3.05) is 5.32 Å². The summed E-state index contributed by atoms with van der Waals surface area (Å²) in [5.41, 5.74) is -0.331. The smallest absolute Gasteiger partial charge is 0.434 e. The first-order valence-electron chi connectivity index (χ1n) is 8.45. The fourth-order valence-corrected chi connectivity index (χ4v) is 2.95. The number of aromatic amines is 1. The second-order valence-corrected chi connectivity index (χ2v) is 6.41. The summed E-state index contributed by atoms with van der Waals surface area (Å²) in [6, 6.07) is 10.5. The Morgan fingerprint density at radius 2 is 1.90 bits per heavy atom. The van der Waals surface area contributed by atoms with Gasteiger partial charge in [-0.1, -0.05) is 17.7 Å². The van der Waals surface area contributed by atoms with E-state index in [4.69, 9.17) is 0 Å². The van der Waals surface area contributed by atoms with Gasteiger partial charge in [0.15, 0.2) is 11.5 Å². The molecule has 0 aliphatic heterocycles. The van der Waals surface area contributed by atoms with E-state index in [1.54, 1.807) is 12.1 Å². The molecule has 0 unspecified atom stereocenters. The highest BCUT2D eigenvalue weighted by atomic mass is 19.4. The number of aryl methyl sites for hydroxylation is 1. The third-order valence-corrected chi connectivity index (χ3v) is 4.34. The maximum Gasteiger partial charge on any atom is 0.434 e. The SMILES string of the molecule is Cc1ccc(-n2ncc(C(=O)Nc3n[nH]c4cc(O)ccc34)c2C(F)(F)F)cc1. The highest BCUT2D eigenvalue weighted by molar-refractivity contribution is 6.08. The van der Waals surface area contributed by atoms with E-state index in [1.807, 2.05) is 6.92 Å². The van der Waals surface area contributed by atoms with Gasteiger partial charge < -0.3 is 10.4 Å². The molecule has 0 bridgehead atoms. The van der Waals surface area contributed by atoms with Crippen molar-refractivity contribution < 1.29 is 23.1 Å². The van der Waals surface area contributed by atoms with Crippen molar-refractivity contribution in [3.63, 3.8) is 0 Å². The normalized spacial score (nSPS) is 11.7. The number of aromatic hydroxyl groups is 1. The van der Waals surface area contributed by atoms with Gasteiger partial charge in [-0.05, 0) is 31.2 Å². The molecular formula is C19H14F3N5O2. The van der Waals surface area contributed by atoms with Crippen molar-refractivity contribution in [3.8, 4) is 11.4 Å². The number of hydrogen-bond donors (Lipinski definition) is 3. The van der Waals surface area contributed by atoms with Crippen LogP contribution >= 0.6 is 0 Å². The fraction of sp³-hybridized carbons (Fsp3) is 0.105. The van der Waals surface area contributed by atoms with E-state index < -0.39 is 23.3 Å². The summed E-state index contributed by atoms with van der Waals surface area (Å²) in [5.74, 6) is -0.976. The van der Waals surface area contributed by atoms with Gasteiger partial charge in [0.2, 0.25) is 0 Å². The lowest BCUT2D eigenvalue weighted by Gasteiger charge is -2.12. The van der Waals surface area contributed by atoms with Crippen LogP contribution in [0, 0.1) is 6.92 Å². The number of nitrogens with zero attached hydrogens (tertiary/aromatic N) is 3. The Kier molecular flexibility index (Phi) is 4.26. The third-order valence-electron chi connectivity index (χ3n) is 4.34. The van der Waals surface area contributed by atoms with E-state index in [9.17, 15) is 23.1 Å².